The molecule has 0 heterocycles. The van der Waals surface area contributed by atoms with Gasteiger partial charge in [0.15, 0.2) is 0 Å². The van der Waals surface area contributed by atoms with Gasteiger partial charge in [-0.05, 0) is 0 Å². The standard InChI is InChI=1S/C7H5F6Ge.3C4H10N.Zr/c8-6(9,10)14(7(11,12)13)5-3-1-2-4-5;3*1-3-4(2)5;/h1,3,14H,2H2;3*4-5H,3H2,1-2H3;/q4*-1;+4. The SMILES string of the molecule is CCC(C)[NH-].CCC(C)[NH-].CCC(C)[NH-].F[C](F)(F)[GeH]([C]1=[C-]CC=C1)[C](F)(F)F.[Zr+4]. The number of alkyl halides is 6. The maximum Gasteiger partial charge on any atom is 4.00 e. The van der Waals surface area contributed by atoms with Gasteiger partial charge in [0.25, 0.3) is 0 Å². The van der Waals surface area contributed by atoms with Crippen molar-refractivity contribution in [1.82, 2.24) is 0 Å². The average Bonchev–Trinajstić information content (AvgIpc) is 3.07. The van der Waals surface area contributed by atoms with Crippen molar-refractivity contribution < 1.29 is 52.5 Å². The fraction of sp³-hybridized carbons (Fsp3) is 0.789. The first-order valence-corrected chi connectivity index (χ1v) is 13.2. The number of hydrogen-bond acceptors (Lipinski definition) is 0. The van der Waals surface area contributed by atoms with E-state index in [1.165, 1.54) is 6.08 Å². The van der Waals surface area contributed by atoms with Gasteiger partial charge in [0, 0.05) is 0 Å². The topological polar surface area (TPSA) is 71.4 Å². The third-order valence-electron chi connectivity index (χ3n) is 3.52. The predicted molar refractivity (Wildman–Crippen MR) is 112 cm³/mol. The fourth-order valence-electron chi connectivity index (χ4n) is 1.16. The van der Waals surface area contributed by atoms with Crippen LogP contribution in [0.25, 0.3) is 17.2 Å². The van der Waals surface area contributed by atoms with Crippen LogP contribution in [0.3, 0.4) is 0 Å². The van der Waals surface area contributed by atoms with E-state index in [1.54, 1.807) is 0 Å². The smallest absolute Gasteiger partial charge is 4.00 e. The van der Waals surface area contributed by atoms with Gasteiger partial charge in [-0.2, -0.15) is 0 Å². The molecule has 30 heavy (non-hydrogen) atoms. The Kier molecular flexibility index (Phi) is 25.1. The first kappa shape index (κ1) is 37.7. The van der Waals surface area contributed by atoms with Crippen molar-refractivity contribution in [2.45, 2.75) is 95.4 Å². The van der Waals surface area contributed by atoms with Crippen molar-refractivity contribution in [3.8, 4) is 0 Å². The van der Waals surface area contributed by atoms with Gasteiger partial charge in [0.2, 0.25) is 0 Å². The summed E-state index contributed by atoms with van der Waals surface area (Å²) in [5.74, 6) is 0. The maximum absolute atomic E-state index is 12.1. The second-order valence-electron chi connectivity index (χ2n) is 6.68. The first-order valence-electron chi connectivity index (χ1n) is 9.58. The van der Waals surface area contributed by atoms with E-state index in [4.69, 9.17) is 17.2 Å². The van der Waals surface area contributed by atoms with E-state index in [2.05, 4.69) is 6.08 Å². The van der Waals surface area contributed by atoms with Crippen molar-refractivity contribution in [3.63, 3.8) is 0 Å². The molecule has 0 fully saturated rings. The molecular weight excluding hydrogens is 548 g/mol. The van der Waals surface area contributed by atoms with Crippen molar-refractivity contribution in [3.05, 3.63) is 39.8 Å². The number of allylic oxidation sites excluding steroid dienone is 4. The Bertz CT molecular complexity index is 418. The molecule has 0 bridgehead atoms. The quantitative estimate of drug-likeness (QED) is 0.182. The molecule has 3 unspecified atom stereocenters. The van der Waals surface area contributed by atoms with Crippen molar-refractivity contribution >= 4 is 14.3 Å². The molecular formula is C19H35F6GeN3Zr. The molecule has 0 aromatic carbocycles. The van der Waals surface area contributed by atoms with E-state index in [-0.39, 0.29) is 50.7 Å². The van der Waals surface area contributed by atoms with Crippen LogP contribution in [0, 0.1) is 6.08 Å². The van der Waals surface area contributed by atoms with E-state index in [0.717, 1.165) is 25.3 Å². The summed E-state index contributed by atoms with van der Waals surface area (Å²) in [6, 6.07) is 0.403. The van der Waals surface area contributed by atoms with E-state index in [1.807, 2.05) is 41.5 Å². The van der Waals surface area contributed by atoms with E-state index < -0.39 is 28.8 Å². The predicted octanol–water partition coefficient (Wildman–Crippen LogP) is 8.15. The zero-order chi connectivity index (χ0) is 23.8. The molecule has 1 rings (SSSR count). The summed E-state index contributed by atoms with van der Waals surface area (Å²) < 4.78 is 72.2. The molecule has 0 aromatic rings. The van der Waals surface area contributed by atoms with E-state index >= 15 is 0 Å². The summed E-state index contributed by atoms with van der Waals surface area (Å²) in [4.78, 5) is 0. The first-order chi connectivity index (χ1) is 13.0. The molecule has 0 aromatic heterocycles. The minimum absolute atomic E-state index is 0. The van der Waals surface area contributed by atoms with Gasteiger partial charge in [-0.1, -0.05) is 60.8 Å². The Morgan fingerprint density at radius 3 is 1.23 bits per heavy atom. The van der Waals surface area contributed by atoms with Gasteiger partial charge in [0.1, 0.15) is 0 Å². The van der Waals surface area contributed by atoms with Crippen LogP contribution in [0.4, 0.5) is 26.3 Å². The molecule has 3 atom stereocenters. The molecule has 0 amide bonds. The molecule has 0 saturated heterocycles. The van der Waals surface area contributed by atoms with Crippen molar-refractivity contribution in [2.24, 2.45) is 0 Å². The molecule has 11 heteroatoms. The van der Waals surface area contributed by atoms with Crippen molar-refractivity contribution in [2.75, 3.05) is 0 Å². The molecule has 3 N–H and O–H groups in total. The van der Waals surface area contributed by atoms with Crippen LogP contribution in [0.15, 0.2) is 16.6 Å². The third-order valence-corrected chi connectivity index (χ3v) is 8.41. The molecule has 0 radical (unpaired) electrons. The number of rotatable bonds is 4. The third kappa shape index (κ3) is 24.6. The summed E-state index contributed by atoms with van der Waals surface area (Å²) in [6.45, 7) is 11.7. The monoisotopic (exact) mass is 583 g/mol. The molecule has 1 aliphatic rings. The minimum Gasteiger partial charge on any atom is 4.00 e. The molecule has 0 spiro atoms. The van der Waals surface area contributed by atoms with Crippen LogP contribution in [-0.4, -0.2) is 42.5 Å². The zero-order valence-corrected chi connectivity index (χ0v) is 23.4. The van der Waals surface area contributed by atoms with Gasteiger partial charge in [-0.15, -0.1) is 18.1 Å². The summed E-state index contributed by atoms with van der Waals surface area (Å²) in [7, 11) is 0. The Labute approximate surface area is 201 Å². The van der Waals surface area contributed by atoms with Gasteiger partial charge < -0.3 is 17.2 Å². The Balaban J connectivity index is -0.000000176. The number of hydrogen-bond donors (Lipinski definition) is 0. The summed E-state index contributed by atoms with van der Waals surface area (Å²) >= 11 is -5.48. The maximum atomic E-state index is 12.1. The van der Waals surface area contributed by atoms with E-state index in [0.29, 0.717) is 0 Å². The molecule has 3 nitrogen and oxygen atoms in total. The largest absolute Gasteiger partial charge is 4.00 e. The second kappa shape index (κ2) is 20.0. The molecule has 0 saturated carbocycles. The van der Waals surface area contributed by atoms with Gasteiger partial charge >= 0.3 is 106 Å². The average molecular weight is 583 g/mol. The Morgan fingerprint density at radius 2 is 1.10 bits per heavy atom. The Hall–Kier alpha value is 0.366. The Morgan fingerprint density at radius 1 is 0.833 bits per heavy atom. The minimum atomic E-state index is -5.48. The van der Waals surface area contributed by atoms with Gasteiger partial charge in [0.05, 0.1) is 0 Å². The number of nitrogens with one attached hydrogen (secondary N) is 3. The van der Waals surface area contributed by atoms with E-state index in [9.17, 15) is 26.3 Å². The molecule has 176 valence electrons. The fourth-order valence-corrected chi connectivity index (χ4v) is 4.78. The molecule has 0 aliphatic heterocycles. The van der Waals surface area contributed by atoms with Crippen LogP contribution in [0.1, 0.15) is 67.2 Å². The van der Waals surface area contributed by atoms with Crippen molar-refractivity contribution in [1.29, 1.82) is 0 Å². The summed E-state index contributed by atoms with van der Waals surface area (Å²) in [6.07, 6.45) is 7.23. The van der Waals surface area contributed by atoms with Gasteiger partial charge in [-0.25, -0.2) is 0 Å². The van der Waals surface area contributed by atoms with Gasteiger partial charge in [-0.3, -0.25) is 0 Å². The normalized spacial score (nSPS) is 15.8. The van der Waals surface area contributed by atoms with Crippen LogP contribution in [-0.2, 0) is 26.2 Å². The zero-order valence-electron chi connectivity index (χ0n) is 18.6. The van der Waals surface area contributed by atoms with Crippen LogP contribution in [0.2, 0.25) is 0 Å². The van der Waals surface area contributed by atoms with Crippen LogP contribution in [0.5, 0.6) is 0 Å². The molecule has 1 aliphatic carbocycles. The van der Waals surface area contributed by atoms with Crippen LogP contribution >= 0.6 is 0 Å². The summed E-state index contributed by atoms with van der Waals surface area (Å²) in [5.41, 5.74) is 20.5. The summed E-state index contributed by atoms with van der Waals surface area (Å²) in [5, 5.41) is -10.2. The van der Waals surface area contributed by atoms with Crippen LogP contribution < -0.4 is 0 Å². The second-order valence-corrected chi connectivity index (χ2v) is 12.6. The number of halogens is 6.